The Hall–Kier alpha value is -2.27. The second-order valence-corrected chi connectivity index (χ2v) is 8.87. The molecule has 0 aliphatic rings. The molecule has 4 aromatic rings. The van der Waals surface area contributed by atoms with Crippen LogP contribution in [0.15, 0.2) is 63.5 Å². The smallest absolute Gasteiger partial charge is 0.267 e. The molecule has 7 nitrogen and oxygen atoms in total. The van der Waals surface area contributed by atoms with E-state index in [0.29, 0.717) is 22.2 Å². The second kappa shape index (κ2) is 6.47. The molecular formula is C16H11BrN4O3S2. The summed E-state index contributed by atoms with van der Waals surface area (Å²) >= 11 is 4.37. The van der Waals surface area contributed by atoms with Gasteiger partial charge < -0.3 is 4.74 Å². The maximum atomic E-state index is 11.4. The first-order valence-electron chi connectivity index (χ1n) is 7.32. The van der Waals surface area contributed by atoms with E-state index < -0.39 is 10.0 Å². The van der Waals surface area contributed by atoms with Crippen molar-refractivity contribution in [3.05, 3.63) is 59.2 Å². The third kappa shape index (κ3) is 3.36. The van der Waals surface area contributed by atoms with Crippen LogP contribution in [-0.2, 0) is 10.0 Å². The van der Waals surface area contributed by atoms with Crippen molar-refractivity contribution >= 4 is 42.3 Å². The molecule has 0 aliphatic carbocycles. The lowest BCUT2D eigenvalue weighted by atomic mass is 10.1. The maximum absolute atomic E-state index is 11.4. The molecule has 132 valence electrons. The Kier molecular flexibility index (Phi) is 4.27. The van der Waals surface area contributed by atoms with Crippen LogP contribution in [0.25, 0.3) is 16.2 Å². The Labute approximate surface area is 161 Å². The van der Waals surface area contributed by atoms with Gasteiger partial charge in [0.2, 0.25) is 9.30 Å². The lowest BCUT2D eigenvalue weighted by Crippen LogP contribution is -2.12. The molecule has 2 aromatic heterocycles. The number of rotatable bonds is 4. The fourth-order valence-corrected chi connectivity index (χ4v) is 4.18. The van der Waals surface area contributed by atoms with Crippen molar-refractivity contribution in [1.29, 1.82) is 0 Å². The number of hydrogen-bond donors (Lipinski definition) is 1. The van der Waals surface area contributed by atoms with E-state index in [9.17, 15) is 8.42 Å². The third-order valence-electron chi connectivity index (χ3n) is 3.46. The van der Waals surface area contributed by atoms with Crippen LogP contribution in [0, 0.1) is 0 Å². The Morgan fingerprint density at radius 1 is 1.15 bits per heavy atom. The highest BCUT2D eigenvalue weighted by Crippen LogP contribution is 2.32. The van der Waals surface area contributed by atoms with E-state index in [-0.39, 0.29) is 4.34 Å². The van der Waals surface area contributed by atoms with E-state index in [4.69, 9.17) is 9.88 Å². The van der Waals surface area contributed by atoms with Gasteiger partial charge in [0.15, 0.2) is 0 Å². The second-order valence-electron chi connectivity index (χ2n) is 5.33. The van der Waals surface area contributed by atoms with Crippen LogP contribution in [0.4, 0.5) is 0 Å². The number of aromatic nitrogens is 3. The Morgan fingerprint density at radius 2 is 1.96 bits per heavy atom. The molecule has 0 fully saturated rings. The van der Waals surface area contributed by atoms with E-state index in [1.165, 1.54) is 4.52 Å². The Balaban J connectivity index is 1.67. The number of fused-ring (bicyclic) bond motifs is 1. The molecule has 0 spiro atoms. The van der Waals surface area contributed by atoms with Crippen LogP contribution in [0.2, 0.25) is 0 Å². The standard InChI is InChI=1S/C16H11BrN4O3S2/c17-12-6-1-2-7-14(12)24-11-5-3-4-10(8-11)13-9-21-15(19-13)25-16(20-21)26(18,22)23/h1-9H,(H2,18,22,23). The van der Waals surface area contributed by atoms with Crippen molar-refractivity contribution in [2.45, 2.75) is 4.34 Å². The van der Waals surface area contributed by atoms with Crippen molar-refractivity contribution in [2.24, 2.45) is 5.14 Å². The van der Waals surface area contributed by atoms with Crippen molar-refractivity contribution in [3.63, 3.8) is 0 Å². The van der Waals surface area contributed by atoms with E-state index in [1.807, 2.05) is 48.5 Å². The molecule has 2 N–H and O–H groups in total. The highest BCUT2D eigenvalue weighted by Gasteiger charge is 2.17. The number of ether oxygens (including phenoxy) is 1. The third-order valence-corrected chi connectivity index (χ3v) is 6.35. The number of sulfonamides is 1. The molecule has 0 aliphatic heterocycles. The topological polar surface area (TPSA) is 99.6 Å². The average molecular weight is 451 g/mol. The molecule has 2 heterocycles. The number of hydrogen-bond acceptors (Lipinski definition) is 6. The minimum Gasteiger partial charge on any atom is -0.456 e. The minimum atomic E-state index is -3.84. The summed E-state index contributed by atoms with van der Waals surface area (Å²) in [5.74, 6) is 1.36. The van der Waals surface area contributed by atoms with Crippen LogP contribution >= 0.6 is 27.3 Å². The molecule has 0 atom stereocenters. The molecule has 26 heavy (non-hydrogen) atoms. The number of imidazole rings is 1. The van der Waals surface area contributed by atoms with Crippen molar-refractivity contribution < 1.29 is 13.2 Å². The first-order valence-corrected chi connectivity index (χ1v) is 10.5. The lowest BCUT2D eigenvalue weighted by Gasteiger charge is -2.08. The predicted octanol–water partition coefficient (Wildman–Crippen LogP) is 3.66. The molecule has 2 aromatic carbocycles. The molecule has 0 radical (unpaired) electrons. The summed E-state index contributed by atoms with van der Waals surface area (Å²) in [5.41, 5.74) is 1.48. The average Bonchev–Trinajstić information content (AvgIpc) is 3.16. The number of benzene rings is 2. The van der Waals surface area contributed by atoms with Gasteiger partial charge in [-0.2, -0.15) is 0 Å². The number of nitrogens with two attached hydrogens (primary N) is 1. The van der Waals surface area contributed by atoms with Crippen LogP contribution in [-0.4, -0.2) is 23.0 Å². The molecular weight excluding hydrogens is 440 g/mol. The molecule has 0 bridgehead atoms. The number of para-hydroxylation sites is 1. The Morgan fingerprint density at radius 3 is 2.69 bits per heavy atom. The van der Waals surface area contributed by atoms with Gasteiger partial charge in [0.25, 0.3) is 10.0 Å². The van der Waals surface area contributed by atoms with Gasteiger partial charge in [-0.3, -0.25) is 0 Å². The van der Waals surface area contributed by atoms with Gasteiger partial charge in [0, 0.05) is 5.56 Å². The summed E-state index contributed by atoms with van der Waals surface area (Å²) in [6.45, 7) is 0. The molecule has 0 amide bonds. The Bertz CT molecular complexity index is 1190. The number of primary sulfonamides is 1. The number of halogens is 1. The summed E-state index contributed by atoms with van der Waals surface area (Å²) in [7, 11) is -3.84. The van der Waals surface area contributed by atoms with Gasteiger partial charge >= 0.3 is 0 Å². The number of nitrogens with zero attached hydrogens (tertiary/aromatic N) is 3. The zero-order valence-electron chi connectivity index (χ0n) is 13.0. The van der Waals surface area contributed by atoms with E-state index in [0.717, 1.165) is 21.4 Å². The lowest BCUT2D eigenvalue weighted by molar-refractivity contribution is 0.480. The van der Waals surface area contributed by atoms with Crippen molar-refractivity contribution in [1.82, 2.24) is 14.6 Å². The highest BCUT2D eigenvalue weighted by atomic mass is 79.9. The summed E-state index contributed by atoms with van der Waals surface area (Å²) in [4.78, 5) is 4.86. The van der Waals surface area contributed by atoms with Crippen molar-refractivity contribution in [3.8, 4) is 22.8 Å². The zero-order valence-corrected chi connectivity index (χ0v) is 16.3. The van der Waals surface area contributed by atoms with Crippen LogP contribution in [0.3, 0.4) is 0 Å². The molecule has 4 rings (SSSR count). The first kappa shape index (κ1) is 17.2. The summed E-state index contributed by atoms with van der Waals surface area (Å²) in [6, 6.07) is 15.0. The van der Waals surface area contributed by atoms with Crippen LogP contribution in [0.1, 0.15) is 0 Å². The molecule has 0 unspecified atom stereocenters. The summed E-state index contributed by atoms with van der Waals surface area (Å²) < 4.78 is 30.7. The fraction of sp³-hybridized carbons (Fsp3) is 0. The zero-order chi connectivity index (χ0) is 18.3. The van der Waals surface area contributed by atoms with Gasteiger partial charge in [-0.05, 0) is 40.2 Å². The van der Waals surface area contributed by atoms with E-state index in [1.54, 1.807) is 6.20 Å². The molecule has 10 heteroatoms. The van der Waals surface area contributed by atoms with Crippen LogP contribution < -0.4 is 9.88 Å². The SMILES string of the molecule is NS(=O)(=O)c1nn2cc(-c3cccc(Oc4ccccc4Br)c3)nc2s1. The highest BCUT2D eigenvalue weighted by molar-refractivity contribution is 9.10. The fourth-order valence-electron chi connectivity index (χ4n) is 2.31. The maximum Gasteiger partial charge on any atom is 0.267 e. The van der Waals surface area contributed by atoms with Gasteiger partial charge in [-0.25, -0.2) is 23.1 Å². The van der Waals surface area contributed by atoms with Gasteiger partial charge in [0.05, 0.1) is 16.4 Å². The van der Waals surface area contributed by atoms with Crippen LogP contribution in [0.5, 0.6) is 11.5 Å². The quantitative estimate of drug-likeness (QED) is 0.511. The van der Waals surface area contributed by atoms with E-state index >= 15 is 0 Å². The molecule has 0 saturated heterocycles. The van der Waals surface area contributed by atoms with Crippen molar-refractivity contribution in [2.75, 3.05) is 0 Å². The predicted molar refractivity (Wildman–Crippen MR) is 102 cm³/mol. The largest absolute Gasteiger partial charge is 0.456 e. The van der Waals surface area contributed by atoms with Gasteiger partial charge in [0.1, 0.15) is 11.5 Å². The monoisotopic (exact) mass is 450 g/mol. The first-order chi connectivity index (χ1) is 12.4. The summed E-state index contributed by atoms with van der Waals surface area (Å²) in [5, 5.41) is 9.05. The van der Waals surface area contributed by atoms with Gasteiger partial charge in [-0.15, -0.1) is 5.10 Å². The van der Waals surface area contributed by atoms with Gasteiger partial charge in [-0.1, -0.05) is 35.6 Å². The molecule has 0 saturated carbocycles. The normalized spacial score (nSPS) is 11.8. The minimum absolute atomic E-state index is 0.169. The summed E-state index contributed by atoms with van der Waals surface area (Å²) in [6.07, 6.45) is 1.65. The van der Waals surface area contributed by atoms with E-state index in [2.05, 4.69) is 26.0 Å².